The predicted octanol–water partition coefficient (Wildman–Crippen LogP) is 3.35. The fraction of sp³-hybridized carbons (Fsp3) is 0.0625. The Morgan fingerprint density at radius 1 is 0.957 bits per heavy atom. The predicted molar refractivity (Wildman–Crippen MR) is 80.5 cm³/mol. The van der Waals surface area contributed by atoms with Crippen LogP contribution in [0.4, 0.5) is 8.78 Å². The van der Waals surface area contributed by atoms with Crippen molar-refractivity contribution in [1.82, 2.24) is 0 Å². The summed E-state index contributed by atoms with van der Waals surface area (Å²) in [5.41, 5.74) is -0.901. The molecule has 0 radical (unpaired) electrons. The van der Waals surface area contributed by atoms with Crippen LogP contribution in [0.1, 0.15) is 11.1 Å². The van der Waals surface area contributed by atoms with Gasteiger partial charge in [0.2, 0.25) is 0 Å². The third-order valence-electron chi connectivity index (χ3n) is 3.10. The standard InChI is InChI=1S/C16H12F2O4S/c17-15(18)14(16(19)20)12-8-6-11(7-9-12)10-23(21,22)13-4-2-1-3-5-13/h1-9H,10H2,(H,19,20). The van der Waals surface area contributed by atoms with Crippen LogP contribution in [-0.2, 0) is 20.4 Å². The molecule has 0 heterocycles. The number of rotatable bonds is 5. The van der Waals surface area contributed by atoms with Crippen molar-refractivity contribution in [3.63, 3.8) is 0 Å². The molecular weight excluding hydrogens is 326 g/mol. The second-order valence-electron chi connectivity index (χ2n) is 4.71. The SMILES string of the molecule is O=C(O)C(=C(F)F)c1ccc(CS(=O)(=O)c2ccccc2)cc1. The normalized spacial score (nSPS) is 11.0. The van der Waals surface area contributed by atoms with Crippen molar-refractivity contribution in [1.29, 1.82) is 0 Å². The Balaban J connectivity index is 2.28. The molecule has 0 aliphatic carbocycles. The van der Waals surface area contributed by atoms with Crippen LogP contribution in [0.3, 0.4) is 0 Å². The number of hydrogen-bond donors (Lipinski definition) is 1. The Hall–Kier alpha value is -2.54. The molecule has 0 spiro atoms. The molecule has 0 aliphatic rings. The molecule has 7 heteroatoms. The number of benzene rings is 2. The highest BCUT2D eigenvalue weighted by atomic mass is 32.2. The van der Waals surface area contributed by atoms with Gasteiger partial charge in [-0.15, -0.1) is 0 Å². The Morgan fingerprint density at radius 2 is 1.52 bits per heavy atom. The molecule has 2 rings (SSSR count). The van der Waals surface area contributed by atoms with Crippen molar-refractivity contribution in [3.05, 3.63) is 71.8 Å². The monoisotopic (exact) mass is 338 g/mol. The van der Waals surface area contributed by atoms with Gasteiger partial charge in [0.1, 0.15) is 5.57 Å². The molecule has 2 aromatic carbocycles. The highest BCUT2D eigenvalue weighted by Crippen LogP contribution is 2.23. The van der Waals surface area contributed by atoms with Crippen LogP contribution in [-0.4, -0.2) is 19.5 Å². The van der Waals surface area contributed by atoms with Gasteiger partial charge in [0.25, 0.3) is 6.08 Å². The lowest BCUT2D eigenvalue weighted by atomic mass is 10.1. The third-order valence-corrected chi connectivity index (χ3v) is 4.81. The molecule has 0 fully saturated rings. The maximum Gasteiger partial charge on any atom is 0.341 e. The minimum Gasteiger partial charge on any atom is -0.477 e. The quantitative estimate of drug-likeness (QED) is 0.849. The summed E-state index contributed by atoms with van der Waals surface area (Å²) in [7, 11) is -3.56. The van der Waals surface area contributed by atoms with Crippen LogP contribution in [0.15, 0.2) is 65.6 Å². The van der Waals surface area contributed by atoms with Gasteiger partial charge in [-0.1, -0.05) is 42.5 Å². The summed E-state index contributed by atoms with van der Waals surface area (Å²) in [6, 6.07) is 12.8. The highest BCUT2D eigenvalue weighted by molar-refractivity contribution is 7.90. The third kappa shape index (κ3) is 4.01. The summed E-state index contributed by atoms with van der Waals surface area (Å²) in [6.07, 6.45) is -2.30. The van der Waals surface area contributed by atoms with E-state index in [-0.39, 0.29) is 16.2 Å². The first-order valence-electron chi connectivity index (χ1n) is 6.47. The van der Waals surface area contributed by atoms with E-state index in [1.54, 1.807) is 18.2 Å². The number of carboxylic acids is 1. The molecule has 0 bridgehead atoms. The Morgan fingerprint density at radius 3 is 2.00 bits per heavy atom. The van der Waals surface area contributed by atoms with E-state index in [2.05, 4.69) is 0 Å². The maximum atomic E-state index is 12.6. The maximum absolute atomic E-state index is 12.6. The average molecular weight is 338 g/mol. The molecule has 2 aromatic rings. The average Bonchev–Trinajstić information content (AvgIpc) is 2.49. The lowest BCUT2D eigenvalue weighted by Gasteiger charge is -2.06. The van der Waals surface area contributed by atoms with Crippen LogP contribution in [0.5, 0.6) is 0 Å². The first kappa shape index (κ1) is 16.8. The molecule has 1 N–H and O–H groups in total. The molecule has 0 amide bonds. The minimum absolute atomic E-state index is 0.157. The van der Waals surface area contributed by atoms with Gasteiger partial charge in [0.15, 0.2) is 9.84 Å². The van der Waals surface area contributed by atoms with Crippen molar-refractivity contribution < 1.29 is 27.1 Å². The molecule has 23 heavy (non-hydrogen) atoms. The van der Waals surface area contributed by atoms with E-state index in [1.165, 1.54) is 36.4 Å². The number of carboxylic acid groups (broad SMARTS) is 1. The molecular formula is C16H12F2O4S. The largest absolute Gasteiger partial charge is 0.477 e. The summed E-state index contributed by atoms with van der Waals surface area (Å²) >= 11 is 0. The molecule has 0 saturated carbocycles. The molecule has 0 saturated heterocycles. The van der Waals surface area contributed by atoms with Crippen molar-refractivity contribution >= 4 is 21.4 Å². The van der Waals surface area contributed by atoms with E-state index in [0.717, 1.165) is 0 Å². The second kappa shape index (κ2) is 6.70. The highest BCUT2D eigenvalue weighted by Gasteiger charge is 2.19. The first-order chi connectivity index (χ1) is 10.8. The van der Waals surface area contributed by atoms with Crippen molar-refractivity contribution in [2.75, 3.05) is 0 Å². The lowest BCUT2D eigenvalue weighted by molar-refractivity contribution is -0.130. The van der Waals surface area contributed by atoms with Gasteiger partial charge in [-0.25, -0.2) is 13.2 Å². The van der Waals surface area contributed by atoms with E-state index in [1.807, 2.05) is 0 Å². The van der Waals surface area contributed by atoms with E-state index >= 15 is 0 Å². The lowest BCUT2D eigenvalue weighted by Crippen LogP contribution is -2.05. The van der Waals surface area contributed by atoms with E-state index < -0.39 is 27.5 Å². The van der Waals surface area contributed by atoms with E-state index in [9.17, 15) is 22.0 Å². The molecule has 0 unspecified atom stereocenters. The van der Waals surface area contributed by atoms with Gasteiger partial charge in [-0.05, 0) is 23.3 Å². The molecule has 0 aromatic heterocycles. The van der Waals surface area contributed by atoms with Crippen LogP contribution < -0.4 is 0 Å². The summed E-state index contributed by atoms with van der Waals surface area (Å²) in [4.78, 5) is 11.0. The Bertz CT molecular complexity index is 837. The fourth-order valence-electron chi connectivity index (χ4n) is 2.01. The number of halogens is 2. The zero-order chi connectivity index (χ0) is 17.0. The number of aliphatic carboxylic acids is 1. The zero-order valence-corrected chi connectivity index (χ0v) is 12.6. The van der Waals surface area contributed by atoms with Gasteiger partial charge in [0.05, 0.1) is 10.6 Å². The minimum atomic E-state index is -3.56. The van der Waals surface area contributed by atoms with Gasteiger partial charge in [-0.2, -0.15) is 8.78 Å². The van der Waals surface area contributed by atoms with Gasteiger partial charge in [0, 0.05) is 0 Å². The fourth-order valence-corrected chi connectivity index (χ4v) is 3.38. The zero-order valence-electron chi connectivity index (χ0n) is 11.7. The van der Waals surface area contributed by atoms with Gasteiger partial charge in [-0.3, -0.25) is 0 Å². The van der Waals surface area contributed by atoms with Crippen LogP contribution in [0.2, 0.25) is 0 Å². The van der Waals surface area contributed by atoms with Crippen LogP contribution in [0.25, 0.3) is 5.57 Å². The van der Waals surface area contributed by atoms with Gasteiger partial charge < -0.3 is 5.11 Å². The molecule has 120 valence electrons. The Labute approximate surface area is 131 Å². The molecule has 0 aliphatic heterocycles. The summed E-state index contributed by atoms with van der Waals surface area (Å²) in [5.74, 6) is -2.05. The second-order valence-corrected chi connectivity index (χ2v) is 6.70. The first-order valence-corrected chi connectivity index (χ1v) is 8.12. The van der Waals surface area contributed by atoms with Crippen LogP contribution in [0, 0.1) is 0 Å². The van der Waals surface area contributed by atoms with Crippen LogP contribution >= 0.6 is 0 Å². The van der Waals surface area contributed by atoms with Gasteiger partial charge >= 0.3 is 5.97 Å². The van der Waals surface area contributed by atoms with E-state index in [0.29, 0.717) is 5.56 Å². The topological polar surface area (TPSA) is 71.4 Å². The molecule has 4 nitrogen and oxygen atoms in total. The number of hydrogen-bond acceptors (Lipinski definition) is 3. The van der Waals surface area contributed by atoms with Crippen molar-refractivity contribution in [2.45, 2.75) is 10.6 Å². The number of sulfone groups is 1. The summed E-state index contributed by atoms with van der Waals surface area (Å²) in [6.45, 7) is 0. The van der Waals surface area contributed by atoms with Crippen molar-refractivity contribution in [2.24, 2.45) is 0 Å². The summed E-state index contributed by atoms with van der Waals surface area (Å²) < 4.78 is 49.7. The van der Waals surface area contributed by atoms with Crippen molar-refractivity contribution in [3.8, 4) is 0 Å². The molecule has 0 atom stereocenters. The van der Waals surface area contributed by atoms with E-state index in [4.69, 9.17) is 5.11 Å². The Kier molecular flexibility index (Phi) is 4.90. The summed E-state index contributed by atoms with van der Waals surface area (Å²) in [5, 5.41) is 8.77. The number of carbonyl (C=O) groups is 1. The smallest absolute Gasteiger partial charge is 0.341 e.